The van der Waals surface area contributed by atoms with Crippen LogP contribution < -0.4 is 16.0 Å². The van der Waals surface area contributed by atoms with E-state index in [9.17, 15) is 24.0 Å². The summed E-state index contributed by atoms with van der Waals surface area (Å²) >= 11 is 0. The molecule has 0 radical (unpaired) electrons. The average molecular weight is 600 g/mol. The predicted molar refractivity (Wildman–Crippen MR) is 171 cm³/mol. The predicted octanol–water partition coefficient (Wildman–Crippen LogP) is 4.94. The molecule has 2 atom stereocenters. The summed E-state index contributed by atoms with van der Waals surface area (Å²) in [5.41, 5.74) is 1.96. The number of rotatable bonds is 14. The van der Waals surface area contributed by atoms with Crippen molar-refractivity contribution in [2.75, 3.05) is 26.7 Å². The molecule has 0 bridgehead atoms. The normalized spacial score (nSPS) is 12.2. The second kappa shape index (κ2) is 16.3. The van der Waals surface area contributed by atoms with Crippen LogP contribution in [0, 0.1) is 23.1 Å². The summed E-state index contributed by atoms with van der Waals surface area (Å²) in [5.74, 6) is -1.22. The second-order valence-corrected chi connectivity index (χ2v) is 11.4. The van der Waals surface area contributed by atoms with Crippen LogP contribution in [-0.4, -0.2) is 61.4 Å². The number of carbonyl (C=O) groups is 3. The summed E-state index contributed by atoms with van der Waals surface area (Å²) < 4.78 is 14.5. The summed E-state index contributed by atoms with van der Waals surface area (Å²) in [7, 11) is 1.68. The Labute approximate surface area is 259 Å². The van der Waals surface area contributed by atoms with E-state index in [-0.39, 0.29) is 34.1 Å². The van der Waals surface area contributed by atoms with Gasteiger partial charge in [-0.3, -0.25) is 14.4 Å². The number of nitriles is 1. The molecule has 0 aliphatic rings. The quantitative estimate of drug-likeness (QED) is 0.243. The van der Waals surface area contributed by atoms with E-state index in [1.165, 1.54) is 18.2 Å². The van der Waals surface area contributed by atoms with Gasteiger partial charge in [-0.05, 0) is 61.1 Å². The summed E-state index contributed by atoms with van der Waals surface area (Å²) in [5, 5.41) is 18.9. The fraction of sp³-hybridized carbons (Fsp3) is 0.371. The van der Waals surface area contributed by atoms with Crippen LogP contribution in [0.15, 0.2) is 66.7 Å². The molecule has 0 heterocycles. The van der Waals surface area contributed by atoms with Gasteiger partial charge in [0.1, 0.15) is 11.9 Å². The van der Waals surface area contributed by atoms with E-state index in [0.717, 1.165) is 12.0 Å². The molecule has 0 saturated heterocycles. The molecule has 44 heavy (non-hydrogen) atoms. The minimum Gasteiger partial charge on any atom is -0.354 e. The monoisotopic (exact) mass is 599 g/mol. The smallest absolute Gasteiger partial charge is 0.253 e. The van der Waals surface area contributed by atoms with E-state index in [2.05, 4.69) is 16.0 Å². The standard InChI is InChI=1S/C35H42FN5O3/c1-6-15-41(5)35(44)28-18-26(30-13-10-14-32(36)31(30)20-37)17-27(19-28)34(43)40-29(16-25-11-8-7-9-12-25)22-38-24(4)33(42)39-21-23(2)3/h7-14,17-19,23-24,29,38H,6,15-16,21-22H2,1-5H3,(H,39,42)(H,40,43)/t24-,29-/m0/s1. The molecule has 0 aromatic heterocycles. The van der Waals surface area contributed by atoms with Gasteiger partial charge in [-0.25, -0.2) is 4.39 Å². The Morgan fingerprint density at radius 2 is 1.66 bits per heavy atom. The van der Waals surface area contributed by atoms with Crippen molar-refractivity contribution in [1.29, 1.82) is 5.26 Å². The summed E-state index contributed by atoms with van der Waals surface area (Å²) in [6.07, 6.45) is 1.24. The maximum Gasteiger partial charge on any atom is 0.253 e. The van der Waals surface area contributed by atoms with Gasteiger partial charge in [0.05, 0.1) is 11.6 Å². The fourth-order valence-electron chi connectivity index (χ4n) is 4.78. The van der Waals surface area contributed by atoms with Crippen LogP contribution >= 0.6 is 0 Å². The van der Waals surface area contributed by atoms with Gasteiger partial charge in [0.2, 0.25) is 5.91 Å². The van der Waals surface area contributed by atoms with Crippen molar-refractivity contribution >= 4 is 17.7 Å². The van der Waals surface area contributed by atoms with Crippen LogP contribution in [0.25, 0.3) is 11.1 Å². The molecule has 3 amide bonds. The molecule has 0 saturated carbocycles. The Kier molecular flexibility index (Phi) is 12.6. The van der Waals surface area contributed by atoms with E-state index in [1.807, 2.05) is 57.2 Å². The van der Waals surface area contributed by atoms with Crippen molar-refractivity contribution in [1.82, 2.24) is 20.9 Å². The SMILES string of the molecule is CCCN(C)C(=O)c1cc(C(=O)N[C@H](CN[C@@H](C)C(=O)NCC(C)C)Cc2ccccc2)cc(-c2cccc(F)c2C#N)c1. The molecule has 9 heteroatoms. The van der Waals surface area contributed by atoms with E-state index in [0.29, 0.717) is 37.5 Å². The van der Waals surface area contributed by atoms with Gasteiger partial charge >= 0.3 is 0 Å². The van der Waals surface area contributed by atoms with E-state index in [1.54, 1.807) is 37.1 Å². The van der Waals surface area contributed by atoms with Crippen molar-refractivity contribution in [2.45, 2.75) is 52.6 Å². The highest BCUT2D eigenvalue weighted by Crippen LogP contribution is 2.28. The third-order valence-corrected chi connectivity index (χ3v) is 7.19. The molecule has 3 aromatic rings. The largest absolute Gasteiger partial charge is 0.354 e. The summed E-state index contributed by atoms with van der Waals surface area (Å²) in [6.45, 7) is 9.17. The van der Waals surface area contributed by atoms with Crippen molar-refractivity contribution in [3.63, 3.8) is 0 Å². The Morgan fingerprint density at radius 1 is 0.955 bits per heavy atom. The number of halogens is 1. The van der Waals surface area contributed by atoms with Gasteiger partial charge in [0.15, 0.2) is 0 Å². The molecule has 3 aromatic carbocycles. The van der Waals surface area contributed by atoms with Gasteiger partial charge in [-0.2, -0.15) is 5.26 Å². The topological polar surface area (TPSA) is 114 Å². The zero-order valence-electron chi connectivity index (χ0n) is 26.1. The van der Waals surface area contributed by atoms with Crippen LogP contribution in [0.3, 0.4) is 0 Å². The number of benzene rings is 3. The molecular weight excluding hydrogens is 557 g/mol. The number of nitrogens with zero attached hydrogens (tertiary/aromatic N) is 2. The molecule has 0 aliphatic heterocycles. The Balaban J connectivity index is 1.95. The van der Waals surface area contributed by atoms with Crippen LogP contribution in [0.1, 0.15) is 66.0 Å². The lowest BCUT2D eigenvalue weighted by molar-refractivity contribution is -0.122. The maximum absolute atomic E-state index is 14.5. The van der Waals surface area contributed by atoms with Gasteiger partial charge in [0, 0.05) is 49.4 Å². The van der Waals surface area contributed by atoms with Gasteiger partial charge in [-0.1, -0.05) is 63.2 Å². The van der Waals surface area contributed by atoms with Gasteiger partial charge in [-0.15, -0.1) is 0 Å². The highest BCUT2D eigenvalue weighted by Gasteiger charge is 2.22. The van der Waals surface area contributed by atoms with E-state index >= 15 is 0 Å². The first-order valence-corrected chi connectivity index (χ1v) is 15.0. The molecule has 0 unspecified atom stereocenters. The van der Waals surface area contributed by atoms with Crippen molar-refractivity contribution in [3.8, 4) is 17.2 Å². The average Bonchev–Trinajstić information content (AvgIpc) is 3.02. The highest BCUT2D eigenvalue weighted by molar-refractivity contribution is 6.01. The van der Waals surface area contributed by atoms with E-state index in [4.69, 9.17) is 0 Å². The lowest BCUT2D eigenvalue weighted by Gasteiger charge is -2.23. The van der Waals surface area contributed by atoms with Crippen molar-refractivity contribution in [2.24, 2.45) is 5.92 Å². The van der Waals surface area contributed by atoms with Gasteiger partial charge in [0.25, 0.3) is 11.8 Å². The number of hydrogen-bond donors (Lipinski definition) is 3. The van der Waals surface area contributed by atoms with Crippen LogP contribution in [0.4, 0.5) is 4.39 Å². The Bertz CT molecular complexity index is 1490. The first kappa shape index (κ1) is 33.9. The van der Waals surface area contributed by atoms with E-state index < -0.39 is 23.8 Å². The molecular formula is C35H42FN5O3. The maximum atomic E-state index is 14.5. The van der Waals surface area contributed by atoms with Gasteiger partial charge < -0.3 is 20.9 Å². The minimum atomic E-state index is -0.684. The lowest BCUT2D eigenvalue weighted by Crippen LogP contribution is -2.50. The van der Waals surface area contributed by atoms with Crippen LogP contribution in [0.5, 0.6) is 0 Å². The molecule has 8 nitrogen and oxygen atoms in total. The molecule has 3 N–H and O–H groups in total. The summed E-state index contributed by atoms with van der Waals surface area (Å²) in [6, 6.07) is 19.7. The zero-order chi connectivity index (χ0) is 32.2. The molecule has 0 aliphatic carbocycles. The molecule has 0 fully saturated rings. The van der Waals surface area contributed by atoms with Crippen LogP contribution in [0.2, 0.25) is 0 Å². The lowest BCUT2D eigenvalue weighted by atomic mass is 9.95. The molecule has 232 valence electrons. The fourth-order valence-corrected chi connectivity index (χ4v) is 4.78. The first-order valence-electron chi connectivity index (χ1n) is 15.0. The minimum absolute atomic E-state index is 0.126. The number of carbonyl (C=O) groups excluding carboxylic acids is 3. The first-order chi connectivity index (χ1) is 21.0. The zero-order valence-corrected chi connectivity index (χ0v) is 26.1. The number of amides is 3. The molecule has 3 rings (SSSR count). The third-order valence-electron chi connectivity index (χ3n) is 7.19. The van der Waals surface area contributed by atoms with Crippen LogP contribution in [-0.2, 0) is 11.2 Å². The summed E-state index contributed by atoms with van der Waals surface area (Å²) in [4.78, 5) is 41.2. The van der Waals surface area contributed by atoms with Crippen molar-refractivity contribution in [3.05, 3.63) is 94.8 Å². The van der Waals surface area contributed by atoms with Crippen molar-refractivity contribution < 1.29 is 18.8 Å². The Morgan fingerprint density at radius 3 is 2.32 bits per heavy atom. The number of nitrogens with one attached hydrogen (secondary N) is 3. The number of hydrogen-bond acceptors (Lipinski definition) is 5. The Hall–Kier alpha value is -4.55. The third kappa shape index (κ3) is 9.48. The second-order valence-electron chi connectivity index (χ2n) is 11.4. The highest BCUT2D eigenvalue weighted by atomic mass is 19.1. The molecule has 0 spiro atoms.